The molecule has 32 heavy (non-hydrogen) atoms. The predicted molar refractivity (Wildman–Crippen MR) is 106 cm³/mol. The number of nitrogens with one attached hydrogen (secondary N) is 1. The lowest BCUT2D eigenvalue weighted by Crippen LogP contribution is -2.16. The second kappa shape index (κ2) is 9.41. The summed E-state index contributed by atoms with van der Waals surface area (Å²) in [5.74, 6) is -7.72. The molecule has 0 aliphatic carbocycles. The van der Waals surface area contributed by atoms with Crippen LogP contribution < -0.4 is 11.1 Å². The van der Waals surface area contributed by atoms with Crippen molar-refractivity contribution >= 4 is 29.2 Å². The van der Waals surface area contributed by atoms with E-state index in [-0.39, 0.29) is 51.5 Å². The summed E-state index contributed by atoms with van der Waals surface area (Å²) >= 11 is 0.909. The van der Waals surface area contributed by atoms with Crippen molar-refractivity contribution in [1.82, 2.24) is 4.98 Å². The van der Waals surface area contributed by atoms with Gasteiger partial charge in [-0.3, -0.25) is 4.79 Å². The van der Waals surface area contributed by atoms with Crippen LogP contribution in [0, 0.1) is 45.9 Å². The minimum atomic E-state index is -1.73. The number of rotatable bonds is 6. The van der Waals surface area contributed by atoms with Gasteiger partial charge in [0.25, 0.3) is 0 Å². The van der Waals surface area contributed by atoms with Gasteiger partial charge in [0.1, 0.15) is 40.0 Å². The summed E-state index contributed by atoms with van der Waals surface area (Å²) in [6.07, 6.45) is 0.989. The molecule has 162 valence electrons. The van der Waals surface area contributed by atoms with Crippen molar-refractivity contribution < 1.29 is 26.8 Å². The van der Waals surface area contributed by atoms with Crippen LogP contribution in [-0.2, 0) is 4.79 Å². The van der Waals surface area contributed by atoms with Gasteiger partial charge in [0, 0.05) is 18.2 Å². The molecule has 0 aliphatic heterocycles. The van der Waals surface area contributed by atoms with Crippen LogP contribution in [0.2, 0.25) is 0 Å². The molecule has 3 N–H and O–H groups in total. The second-order valence-corrected chi connectivity index (χ2v) is 7.20. The SMILES string of the molecule is N#Cc1c(N)nc(SCCC(=O)Nc2c(F)c(F)cc(F)c2F)c(C#N)c1-c1ccco1. The van der Waals surface area contributed by atoms with E-state index in [1.165, 1.54) is 12.3 Å². The van der Waals surface area contributed by atoms with Gasteiger partial charge in [-0.25, -0.2) is 22.5 Å². The summed E-state index contributed by atoms with van der Waals surface area (Å²) < 4.78 is 59.2. The Kier molecular flexibility index (Phi) is 6.66. The molecule has 0 saturated heterocycles. The van der Waals surface area contributed by atoms with Gasteiger partial charge in [0.05, 0.1) is 17.4 Å². The van der Waals surface area contributed by atoms with E-state index in [2.05, 4.69) is 4.98 Å². The molecule has 0 fully saturated rings. The van der Waals surface area contributed by atoms with Crippen LogP contribution in [-0.4, -0.2) is 16.6 Å². The van der Waals surface area contributed by atoms with Crippen LogP contribution in [0.5, 0.6) is 0 Å². The molecule has 2 heterocycles. The van der Waals surface area contributed by atoms with Gasteiger partial charge < -0.3 is 15.5 Å². The molecule has 1 amide bonds. The highest BCUT2D eigenvalue weighted by Crippen LogP contribution is 2.36. The number of nitrogens with two attached hydrogens (primary N) is 1. The fraction of sp³-hybridized carbons (Fsp3) is 0.100. The third-order valence-electron chi connectivity index (χ3n) is 4.13. The summed E-state index contributed by atoms with van der Waals surface area (Å²) in [6, 6.07) is 6.90. The summed E-state index contributed by atoms with van der Waals surface area (Å²) in [6.45, 7) is 0. The first-order chi connectivity index (χ1) is 15.3. The number of hydrogen-bond donors (Lipinski definition) is 2. The average Bonchev–Trinajstić information content (AvgIpc) is 3.29. The number of anilines is 2. The minimum absolute atomic E-state index is 0.0135. The Morgan fingerprint density at radius 1 is 1.16 bits per heavy atom. The zero-order chi connectivity index (χ0) is 23.4. The lowest BCUT2D eigenvalue weighted by molar-refractivity contribution is -0.115. The fourth-order valence-electron chi connectivity index (χ4n) is 2.69. The number of pyridine rings is 1. The van der Waals surface area contributed by atoms with Crippen molar-refractivity contribution in [3.8, 4) is 23.5 Å². The van der Waals surface area contributed by atoms with E-state index >= 15 is 0 Å². The number of nitrogens with zero attached hydrogens (tertiary/aromatic N) is 3. The van der Waals surface area contributed by atoms with Crippen LogP contribution in [0.25, 0.3) is 11.3 Å². The monoisotopic (exact) mass is 461 g/mol. The number of furan rings is 1. The lowest BCUT2D eigenvalue weighted by Gasteiger charge is -2.11. The summed E-state index contributed by atoms with van der Waals surface area (Å²) in [7, 11) is 0. The summed E-state index contributed by atoms with van der Waals surface area (Å²) in [5.41, 5.74) is 4.65. The number of amides is 1. The Labute approximate surface area is 182 Å². The molecule has 3 aromatic rings. The number of nitrogen functional groups attached to an aromatic ring is 1. The first kappa shape index (κ1) is 22.7. The molecular formula is C20H11F4N5O2S. The minimum Gasteiger partial charge on any atom is -0.464 e. The molecule has 0 radical (unpaired) electrons. The molecule has 7 nitrogen and oxygen atoms in total. The molecule has 0 unspecified atom stereocenters. The van der Waals surface area contributed by atoms with Gasteiger partial charge in [0.2, 0.25) is 5.91 Å². The van der Waals surface area contributed by atoms with Crippen LogP contribution in [0.4, 0.5) is 29.1 Å². The normalized spacial score (nSPS) is 10.4. The third kappa shape index (κ3) is 4.36. The van der Waals surface area contributed by atoms with E-state index in [4.69, 9.17) is 10.2 Å². The third-order valence-corrected chi connectivity index (χ3v) is 5.10. The van der Waals surface area contributed by atoms with E-state index in [1.54, 1.807) is 11.4 Å². The summed E-state index contributed by atoms with van der Waals surface area (Å²) in [5, 5.41) is 20.9. The van der Waals surface area contributed by atoms with Gasteiger partial charge in [-0.2, -0.15) is 10.5 Å². The first-order valence-electron chi connectivity index (χ1n) is 8.71. The molecule has 2 aromatic heterocycles. The van der Waals surface area contributed by atoms with Crippen LogP contribution in [0.3, 0.4) is 0 Å². The molecule has 0 saturated carbocycles. The number of nitriles is 2. The van der Waals surface area contributed by atoms with E-state index < -0.39 is 34.9 Å². The van der Waals surface area contributed by atoms with Crippen molar-refractivity contribution in [2.24, 2.45) is 0 Å². The van der Waals surface area contributed by atoms with Gasteiger partial charge in [0.15, 0.2) is 23.3 Å². The van der Waals surface area contributed by atoms with Crippen molar-refractivity contribution in [2.45, 2.75) is 11.4 Å². The number of carbonyl (C=O) groups is 1. The van der Waals surface area contributed by atoms with Gasteiger partial charge >= 0.3 is 0 Å². The highest BCUT2D eigenvalue weighted by molar-refractivity contribution is 7.99. The van der Waals surface area contributed by atoms with E-state index in [9.17, 15) is 32.9 Å². The van der Waals surface area contributed by atoms with Crippen LogP contribution in [0.1, 0.15) is 17.5 Å². The lowest BCUT2D eigenvalue weighted by atomic mass is 10.0. The Bertz CT molecular complexity index is 1260. The van der Waals surface area contributed by atoms with Crippen molar-refractivity contribution in [1.29, 1.82) is 10.5 Å². The second-order valence-electron chi connectivity index (χ2n) is 6.12. The standard InChI is InChI=1S/C20H11F4N5O2S/c21-11-6-12(22)17(24)18(16(11)23)28-14(30)3-5-32-20-10(8-26)15(13-2-1-4-31-13)9(7-25)19(27)29-20/h1-2,4,6H,3,5H2,(H2,27,29)(H,28,30). The van der Waals surface area contributed by atoms with Gasteiger partial charge in [-0.15, -0.1) is 11.8 Å². The van der Waals surface area contributed by atoms with Gasteiger partial charge in [-0.1, -0.05) is 0 Å². The van der Waals surface area contributed by atoms with Crippen molar-refractivity contribution in [3.63, 3.8) is 0 Å². The molecule has 0 atom stereocenters. The predicted octanol–water partition coefficient (Wildman–Crippen LogP) is 4.34. The van der Waals surface area contributed by atoms with Crippen LogP contribution in [0.15, 0.2) is 33.9 Å². The van der Waals surface area contributed by atoms with E-state index in [0.717, 1.165) is 11.8 Å². The maximum Gasteiger partial charge on any atom is 0.225 e. The molecule has 0 aliphatic rings. The number of halogens is 4. The Balaban J connectivity index is 1.80. The van der Waals surface area contributed by atoms with E-state index in [1.807, 2.05) is 12.1 Å². The average molecular weight is 461 g/mol. The largest absolute Gasteiger partial charge is 0.464 e. The Hall–Kier alpha value is -4.03. The smallest absolute Gasteiger partial charge is 0.225 e. The number of thioether (sulfide) groups is 1. The number of carbonyl (C=O) groups excluding carboxylic acids is 1. The van der Waals surface area contributed by atoms with E-state index in [0.29, 0.717) is 0 Å². The van der Waals surface area contributed by atoms with Gasteiger partial charge in [-0.05, 0) is 12.1 Å². The molecule has 0 spiro atoms. The highest BCUT2D eigenvalue weighted by Gasteiger charge is 2.23. The maximum absolute atomic E-state index is 13.7. The zero-order valence-electron chi connectivity index (χ0n) is 15.9. The molecule has 12 heteroatoms. The number of benzene rings is 1. The van der Waals surface area contributed by atoms with Crippen molar-refractivity contribution in [3.05, 3.63) is 58.9 Å². The zero-order valence-corrected chi connectivity index (χ0v) is 16.7. The summed E-state index contributed by atoms with van der Waals surface area (Å²) in [4.78, 5) is 16.1. The van der Waals surface area contributed by atoms with Crippen LogP contribution >= 0.6 is 11.8 Å². The Morgan fingerprint density at radius 3 is 2.38 bits per heavy atom. The quantitative estimate of drug-likeness (QED) is 0.317. The maximum atomic E-state index is 13.7. The molecule has 1 aromatic carbocycles. The molecular weight excluding hydrogens is 450 g/mol. The Morgan fingerprint density at radius 2 is 1.81 bits per heavy atom. The number of hydrogen-bond acceptors (Lipinski definition) is 7. The fourth-order valence-corrected chi connectivity index (χ4v) is 3.63. The molecule has 0 bridgehead atoms. The first-order valence-corrected chi connectivity index (χ1v) is 9.70. The number of aromatic nitrogens is 1. The topological polar surface area (TPSA) is 129 Å². The highest BCUT2D eigenvalue weighted by atomic mass is 32.2. The molecule has 3 rings (SSSR count). The van der Waals surface area contributed by atoms with Crippen molar-refractivity contribution in [2.75, 3.05) is 16.8 Å².